The van der Waals surface area contributed by atoms with Gasteiger partial charge < -0.3 is 0 Å². The van der Waals surface area contributed by atoms with E-state index in [-0.39, 0.29) is 0 Å². The Morgan fingerprint density at radius 1 is 1.22 bits per heavy atom. The van der Waals surface area contributed by atoms with Crippen molar-refractivity contribution in [1.82, 2.24) is 0 Å². The molecule has 2 N–H and O–H groups in total. The topological polar surface area (TPSA) is 26.0 Å². The predicted molar refractivity (Wildman–Crippen MR) is 41.9 cm³/mol. The lowest BCUT2D eigenvalue weighted by atomic mass is 10.2. The van der Waals surface area contributed by atoms with Crippen LogP contribution < -0.4 is 5.14 Å². The average Bonchev–Trinajstić information content (AvgIpc) is 1.91. The van der Waals surface area contributed by atoms with E-state index in [1.807, 2.05) is 18.2 Å². The number of rotatable bonds is 2. The molecule has 0 fully saturated rings. The molecule has 1 aromatic carbocycles. The smallest absolute Gasteiger partial charge is 0.0328 e. The molecule has 0 saturated carbocycles. The van der Waals surface area contributed by atoms with E-state index >= 15 is 0 Å². The SMILES string of the molecule is NSCc1ccccc1. The van der Waals surface area contributed by atoms with Gasteiger partial charge in [-0.05, 0) is 5.56 Å². The highest BCUT2D eigenvalue weighted by atomic mass is 32.2. The Balaban J connectivity index is 2.61. The molecule has 0 aromatic heterocycles. The van der Waals surface area contributed by atoms with E-state index in [0.29, 0.717) is 0 Å². The van der Waals surface area contributed by atoms with Gasteiger partial charge in [0.25, 0.3) is 0 Å². The summed E-state index contributed by atoms with van der Waals surface area (Å²) >= 11 is 1.35. The molecule has 2 heteroatoms. The average molecular weight is 139 g/mol. The van der Waals surface area contributed by atoms with Crippen LogP contribution in [0, 0.1) is 0 Å². The number of benzene rings is 1. The maximum Gasteiger partial charge on any atom is 0.0328 e. The van der Waals surface area contributed by atoms with Gasteiger partial charge in [0, 0.05) is 5.75 Å². The molecule has 0 spiro atoms. The number of hydrogen-bond acceptors (Lipinski definition) is 2. The number of hydrogen-bond donors (Lipinski definition) is 1. The van der Waals surface area contributed by atoms with Crippen LogP contribution in [0.4, 0.5) is 0 Å². The molecule has 1 rings (SSSR count). The zero-order chi connectivity index (χ0) is 6.53. The van der Waals surface area contributed by atoms with E-state index in [0.717, 1.165) is 5.75 Å². The lowest BCUT2D eigenvalue weighted by molar-refractivity contribution is 1.41. The van der Waals surface area contributed by atoms with Crippen molar-refractivity contribution in [3.8, 4) is 0 Å². The summed E-state index contributed by atoms with van der Waals surface area (Å²) in [4.78, 5) is 0. The zero-order valence-electron chi connectivity index (χ0n) is 5.08. The van der Waals surface area contributed by atoms with Crippen LogP contribution in [0.3, 0.4) is 0 Å². The van der Waals surface area contributed by atoms with Crippen molar-refractivity contribution in [2.75, 3.05) is 0 Å². The van der Waals surface area contributed by atoms with Crippen molar-refractivity contribution in [2.24, 2.45) is 5.14 Å². The minimum Gasteiger partial charge on any atom is -0.278 e. The van der Waals surface area contributed by atoms with Crippen molar-refractivity contribution in [2.45, 2.75) is 5.75 Å². The lowest BCUT2D eigenvalue weighted by Gasteiger charge is -1.93. The Labute approximate surface area is 59.4 Å². The summed E-state index contributed by atoms with van der Waals surface area (Å²) in [6, 6.07) is 10.2. The van der Waals surface area contributed by atoms with Gasteiger partial charge >= 0.3 is 0 Å². The van der Waals surface area contributed by atoms with Gasteiger partial charge in [0.05, 0.1) is 0 Å². The molecule has 0 amide bonds. The normalized spacial score (nSPS) is 9.44. The summed E-state index contributed by atoms with van der Waals surface area (Å²) < 4.78 is 0. The first kappa shape index (κ1) is 6.65. The van der Waals surface area contributed by atoms with Crippen LogP contribution in [0.5, 0.6) is 0 Å². The molecule has 0 radical (unpaired) electrons. The van der Waals surface area contributed by atoms with Gasteiger partial charge in [0.15, 0.2) is 0 Å². The van der Waals surface area contributed by atoms with Gasteiger partial charge in [-0.3, -0.25) is 5.14 Å². The summed E-state index contributed by atoms with van der Waals surface area (Å²) in [6.45, 7) is 0. The van der Waals surface area contributed by atoms with Crippen LogP contribution in [0.25, 0.3) is 0 Å². The monoisotopic (exact) mass is 139 g/mol. The van der Waals surface area contributed by atoms with E-state index in [1.54, 1.807) is 0 Å². The predicted octanol–water partition coefficient (Wildman–Crippen LogP) is 1.79. The molecule has 0 saturated heterocycles. The fourth-order valence-electron chi connectivity index (χ4n) is 0.670. The van der Waals surface area contributed by atoms with Crippen molar-refractivity contribution in [3.63, 3.8) is 0 Å². The van der Waals surface area contributed by atoms with Crippen LogP contribution >= 0.6 is 11.9 Å². The Kier molecular flexibility index (Phi) is 2.61. The zero-order valence-corrected chi connectivity index (χ0v) is 5.90. The molecule has 0 aliphatic heterocycles. The van der Waals surface area contributed by atoms with Crippen LogP contribution in [0.15, 0.2) is 30.3 Å². The minimum atomic E-state index is 0.904. The molecule has 0 heterocycles. The molecule has 0 bridgehead atoms. The van der Waals surface area contributed by atoms with E-state index in [2.05, 4.69) is 12.1 Å². The summed E-state index contributed by atoms with van der Waals surface area (Å²) in [5.41, 5.74) is 1.28. The Morgan fingerprint density at radius 2 is 1.89 bits per heavy atom. The lowest BCUT2D eigenvalue weighted by Crippen LogP contribution is -1.82. The third-order valence-electron chi connectivity index (χ3n) is 1.09. The molecular weight excluding hydrogens is 130 g/mol. The summed E-state index contributed by atoms with van der Waals surface area (Å²) in [6.07, 6.45) is 0. The van der Waals surface area contributed by atoms with E-state index < -0.39 is 0 Å². The summed E-state index contributed by atoms with van der Waals surface area (Å²) in [5.74, 6) is 0.904. The Hall–Kier alpha value is -0.470. The van der Waals surface area contributed by atoms with E-state index in [1.165, 1.54) is 17.5 Å². The van der Waals surface area contributed by atoms with E-state index in [4.69, 9.17) is 5.14 Å². The molecule has 0 aliphatic carbocycles. The Bertz CT molecular complexity index is 162. The maximum absolute atomic E-state index is 5.28. The molecule has 0 atom stereocenters. The highest BCUT2D eigenvalue weighted by molar-refractivity contribution is 7.96. The summed E-state index contributed by atoms with van der Waals surface area (Å²) in [5, 5.41) is 5.28. The second kappa shape index (κ2) is 3.54. The first-order valence-corrected chi connectivity index (χ1v) is 3.84. The van der Waals surface area contributed by atoms with Crippen molar-refractivity contribution in [3.05, 3.63) is 35.9 Å². The van der Waals surface area contributed by atoms with Crippen LogP contribution in [-0.4, -0.2) is 0 Å². The van der Waals surface area contributed by atoms with Crippen LogP contribution in [-0.2, 0) is 5.75 Å². The maximum atomic E-state index is 5.28. The second-order valence-corrected chi connectivity index (χ2v) is 2.42. The van der Waals surface area contributed by atoms with Gasteiger partial charge in [-0.15, -0.1) is 0 Å². The fraction of sp³-hybridized carbons (Fsp3) is 0.143. The van der Waals surface area contributed by atoms with Gasteiger partial charge in [0.2, 0.25) is 0 Å². The molecule has 48 valence electrons. The highest BCUT2D eigenvalue weighted by Crippen LogP contribution is 2.04. The molecule has 0 aliphatic rings. The molecule has 1 aromatic rings. The Morgan fingerprint density at radius 3 is 2.44 bits per heavy atom. The van der Waals surface area contributed by atoms with Crippen LogP contribution in [0.1, 0.15) is 5.56 Å². The van der Waals surface area contributed by atoms with Crippen molar-refractivity contribution in [1.29, 1.82) is 0 Å². The molecule has 9 heavy (non-hydrogen) atoms. The molecule has 0 unspecified atom stereocenters. The second-order valence-electron chi connectivity index (χ2n) is 1.80. The van der Waals surface area contributed by atoms with Gasteiger partial charge in [0.1, 0.15) is 0 Å². The van der Waals surface area contributed by atoms with Crippen molar-refractivity contribution >= 4 is 11.9 Å². The quantitative estimate of drug-likeness (QED) is 0.632. The van der Waals surface area contributed by atoms with Crippen LogP contribution in [0.2, 0.25) is 0 Å². The first-order valence-electron chi connectivity index (χ1n) is 2.79. The van der Waals surface area contributed by atoms with E-state index in [9.17, 15) is 0 Å². The van der Waals surface area contributed by atoms with Gasteiger partial charge in [-0.1, -0.05) is 42.3 Å². The third-order valence-corrected chi connectivity index (χ3v) is 1.59. The largest absolute Gasteiger partial charge is 0.278 e. The third kappa shape index (κ3) is 2.08. The first-order chi connectivity index (χ1) is 4.43. The molecule has 1 nitrogen and oxygen atoms in total. The standard InChI is InChI=1S/C7H9NS/c8-9-6-7-4-2-1-3-5-7/h1-5H,6,8H2. The van der Waals surface area contributed by atoms with Gasteiger partial charge in [-0.2, -0.15) is 0 Å². The fourth-order valence-corrected chi connectivity index (χ4v) is 1.06. The minimum absolute atomic E-state index is 0.904. The summed E-state index contributed by atoms with van der Waals surface area (Å²) in [7, 11) is 0. The molecular formula is C7H9NS. The van der Waals surface area contributed by atoms with Gasteiger partial charge in [-0.25, -0.2) is 0 Å². The highest BCUT2D eigenvalue weighted by Gasteiger charge is 1.85. The number of nitrogens with two attached hydrogens (primary N) is 1. The van der Waals surface area contributed by atoms with Crippen molar-refractivity contribution < 1.29 is 0 Å².